The van der Waals surface area contributed by atoms with Crippen molar-refractivity contribution < 1.29 is 0 Å². The van der Waals surface area contributed by atoms with Gasteiger partial charge in [0.1, 0.15) is 0 Å². The van der Waals surface area contributed by atoms with Crippen molar-refractivity contribution in [3.63, 3.8) is 0 Å². The maximum Gasteiger partial charge on any atom is 0.228 e. The predicted octanol–water partition coefficient (Wildman–Crippen LogP) is 3.65. The number of hydrogen-bond donors (Lipinski definition) is 2. The molecule has 0 saturated heterocycles. The molecule has 2 atom stereocenters. The van der Waals surface area contributed by atoms with E-state index in [0.717, 1.165) is 24.0 Å². The van der Waals surface area contributed by atoms with E-state index in [1.54, 1.807) is 11.8 Å². The van der Waals surface area contributed by atoms with Crippen molar-refractivity contribution in [1.29, 1.82) is 0 Å². The van der Waals surface area contributed by atoms with Gasteiger partial charge in [-0.1, -0.05) is 32.5 Å². The van der Waals surface area contributed by atoms with Gasteiger partial charge in [0.15, 0.2) is 5.16 Å². The van der Waals surface area contributed by atoms with Gasteiger partial charge in [0.25, 0.3) is 0 Å². The van der Waals surface area contributed by atoms with Crippen molar-refractivity contribution in [2.45, 2.75) is 58.2 Å². The average molecular weight is 309 g/mol. The van der Waals surface area contributed by atoms with Gasteiger partial charge in [-0.15, -0.1) is 0 Å². The van der Waals surface area contributed by atoms with Gasteiger partial charge < -0.3 is 10.6 Å². The highest BCUT2D eigenvalue weighted by Crippen LogP contribution is 2.39. The van der Waals surface area contributed by atoms with Crippen LogP contribution in [0, 0.1) is 11.3 Å². The van der Waals surface area contributed by atoms with Gasteiger partial charge in [-0.05, 0) is 43.8 Å². The minimum atomic E-state index is 0.384. The maximum atomic E-state index is 4.49. The predicted molar refractivity (Wildman–Crippen MR) is 90.0 cm³/mol. The molecule has 1 fully saturated rings. The molecule has 118 valence electrons. The van der Waals surface area contributed by atoms with Crippen molar-refractivity contribution in [2.75, 3.05) is 23.4 Å². The molecule has 0 radical (unpaired) electrons. The second-order valence-corrected chi connectivity index (χ2v) is 7.53. The molecule has 1 heterocycles. The second kappa shape index (κ2) is 6.81. The number of nitrogens with zero attached hydrogens (tertiary/aromatic N) is 3. The highest BCUT2D eigenvalue weighted by Gasteiger charge is 2.32. The van der Waals surface area contributed by atoms with Crippen LogP contribution in [-0.2, 0) is 0 Å². The molecule has 2 N–H and O–H groups in total. The van der Waals surface area contributed by atoms with Crippen LogP contribution >= 0.6 is 11.8 Å². The normalized spacial score (nSPS) is 24.6. The molecule has 2 rings (SSSR count). The summed E-state index contributed by atoms with van der Waals surface area (Å²) in [6, 6.07) is 0.440. The van der Waals surface area contributed by atoms with E-state index in [1.165, 1.54) is 12.8 Å². The summed E-state index contributed by atoms with van der Waals surface area (Å²) in [7, 11) is 0. The Balaban J connectivity index is 2.12. The monoisotopic (exact) mass is 309 g/mol. The first-order valence-electron chi connectivity index (χ1n) is 7.72. The summed E-state index contributed by atoms with van der Waals surface area (Å²) < 4.78 is 0. The molecule has 6 heteroatoms. The minimum Gasteiger partial charge on any atom is -0.354 e. The Morgan fingerprint density at radius 2 is 1.90 bits per heavy atom. The van der Waals surface area contributed by atoms with Crippen LogP contribution in [0.25, 0.3) is 0 Å². The summed E-state index contributed by atoms with van der Waals surface area (Å²) in [6.45, 7) is 9.89. The molecule has 1 aromatic rings. The molecule has 5 nitrogen and oxygen atoms in total. The van der Waals surface area contributed by atoms with Gasteiger partial charge in [-0.25, -0.2) is 0 Å². The van der Waals surface area contributed by atoms with Gasteiger partial charge >= 0.3 is 0 Å². The van der Waals surface area contributed by atoms with Crippen molar-refractivity contribution in [2.24, 2.45) is 11.3 Å². The number of anilines is 2. The van der Waals surface area contributed by atoms with Crippen molar-refractivity contribution in [1.82, 2.24) is 15.0 Å². The second-order valence-electron chi connectivity index (χ2n) is 6.75. The summed E-state index contributed by atoms with van der Waals surface area (Å²) in [5, 5.41) is 7.45. The number of nitrogens with one attached hydrogen (secondary N) is 2. The fraction of sp³-hybridized carbons (Fsp3) is 0.800. The number of hydrogen-bond acceptors (Lipinski definition) is 6. The lowest BCUT2D eigenvalue weighted by Crippen LogP contribution is -2.36. The van der Waals surface area contributed by atoms with E-state index in [-0.39, 0.29) is 0 Å². The molecule has 0 aromatic carbocycles. The SMILES string of the molecule is CCNc1nc(NC2CC(C)CC(C)(C)C2)nc(SC)n1. The lowest BCUT2D eigenvalue weighted by Gasteiger charge is -2.39. The van der Waals surface area contributed by atoms with Gasteiger partial charge in [-0.2, -0.15) is 15.0 Å². The zero-order chi connectivity index (χ0) is 15.5. The maximum absolute atomic E-state index is 4.49. The molecule has 0 spiro atoms. The van der Waals surface area contributed by atoms with E-state index >= 15 is 0 Å². The smallest absolute Gasteiger partial charge is 0.228 e. The van der Waals surface area contributed by atoms with Crippen molar-refractivity contribution in [3.8, 4) is 0 Å². The van der Waals surface area contributed by atoms with E-state index < -0.39 is 0 Å². The lowest BCUT2D eigenvalue weighted by atomic mass is 9.71. The quantitative estimate of drug-likeness (QED) is 0.810. The zero-order valence-corrected chi connectivity index (χ0v) is 14.5. The van der Waals surface area contributed by atoms with Crippen LogP contribution in [0.3, 0.4) is 0 Å². The van der Waals surface area contributed by atoms with E-state index in [0.29, 0.717) is 23.4 Å². The number of aromatic nitrogens is 3. The first-order valence-corrected chi connectivity index (χ1v) is 8.95. The van der Waals surface area contributed by atoms with Crippen LogP contribution in [0.15, 0.2) is 5.16 Å². The average Bonchev–Trinajstić information content (AvgIpc) is 2.36. The molecule has 0 aliphatic heterocycles. The molecule has 1 saturated carbocycles. The Hall–Kier alpha value is -1.04. The molecular weight excluding hydrogens is 282 g/mol. The summed E-state index contributed by atoms with van der Waals surface area (Å²) in [6.07, 6.45) is 5.62. The fourth-order valence-electron chi connectivity index (χ4n) is 3.39. The fourth-order valence-corrected chi connectivity index (χ4v) is 3.74. The molecule has 21 heavy (non-hydrogen) atoms. The van der Waals surface area contributed by atoms with E-state index in [2.05, 4.69) is 46.4 Å². The Kier molecular flexibility index (Phi) is 5.30. The van der Waals surface area contributed by atoms with Crippen LogP contribution in [0.4, 0.5) is 11.9 Å². The molecule has 0 amide bonds. The minimum absolute atomic E-state index is 0.384. The van der Waals surface area contributed by atoms with Crippen LogP contribution in [0.1, 0.15) is 47.0 Å². The lowest BCUT2D eigenvalue weighted by molar-refractivity contribution is 0.177. The van der Waals surface area contributed by atoms with Gasteiger partial charge in [0.05, 0.1) is 0 Å². The highest BCUT2D eigenvalue weighted by molar-refractivity contribution is 7.98. The van der Waals surface area contributed by atoms with Crippen molar-refractivity contribution >= 4 is 23.7 Å². The highest BCUT2D eigenvalue weighted by atomic mass is 32.2. The molecule has 0 bridgehead atoms. The van der Waals surface area contributed by atoms with E-state index in [4.69, 9.17) is 0 Å². The molecular formula is C15H27N5S. The summed E-state index contributed by atoms with van der Waals surface area (Å²) in [5.41, 5.74) is 0.384. The third-order valence-electron chi connectivity index (χ3n) is 3.85. The van der Waals surface area contributed by atoms with Gasteiger partial charge in [0.2, 0.25) is 11.9 Å². The summed E-state index contributed by atoms with van der Waals surface area (Å²) in [4.78, 5) is 13.3. The Morgan fingerprint density at radius 3 is 2.52 bits per heavy atom. The van der Waals surface area contributed by atoms with Gasteiger partial charge in [-0.3, -0.25) is 0 Å². The van der Waals surface area contributed by atoms with Crippen LogP contribution in [0.2, 0.25) is 0 Å². The van der Waals surface area contributed by atoms with Crippen molar-refractivity contribution in [3.05, 3.63) is 0 Å². The number of thioether (sulfide) groups is 1. The summed E-state index contributed by atoms with van der Waals surface area (Å²) in [5.74, 6) is 2.09. The standard InChI is InChI=1S/C15H27N5S/c1-6-16-12-18-13(20-14(19-12)21-5)17-11-7-10(2)8-15(3,4)9-11/h10-11H,6-9H2,1-5H3,(H2,16,17,18,19,20). The topological polar surface area (TPSA) is 62.7 Å². The van der Waals surface area contributed by atoms with E-state index in [1.807, 2.05) is 13.2 Å². The summed E-state index contributed by atoms with van der Waals surface area (Å²) >= 11 is 1.54. The third kappa shape index (κ3) is 4.73. The molecule has 1 aliphatic rings. The third-order valence-corrected chi connectivity index (χ3v) is 4.40. The molecule has 1 aliphatic carbocycles. The zero-order valence-electron chi connectivity index (χ0n) is 13.7. The van der Waals surface area contributed by atoms with Crippen LogP contribution < -0.4 is 10.6 Å². The molecule has 1 aromatic heterocycles. The first kappa shape index (κ1) is 16.3. The Labute approximate surface area is 132 Å². The van der Waals surface area contributed by atoms with Crippen LogP contribution in [-0.4, -0.2) is 33.8 Å². The Bertz CT molecular complexity index is 477. The largest absolute Gasteiger partial charge is 0.354 e. The first-order chi connectivity index (χ1) is 9.91. The van der Waals surface area contributed by atoms with Gasteiger partial charge in [0, 0.05) is 12.6 Å². The number of rotatable bonds is 5. The van der Waals surface area contributed by atoms with Crippen LogP contribution in [0.5, 0.6) is 0 Å². The van der Waals surface area contributed by atoms with E-state index in [9.17, 15) is 0 Å². The molecule has 2 unspecified atom stereocenters. The Morgan fingerprint density at radius 1 is 1.19 bits per heavy atom.